The predicted molar refractivity (Wildman–Crippen MR) is 126 cm³/mol. The van der Waals surface area contributed by atoms with E-state index in [0.717, 1.165) is 11.3 Å². The molecule has 4 rings (SSSR count). The van der Waals surface area contributed by atoms with E-state index in [-0.39, 0.29) is 65.0 Å². The lowest BCUT2D eigenvalue weighted by molar-refractivity contribution is 0.0962. The molecule has 6 nitrogen and oxygen atoms in total. The quantitative estimate of drug-likeness (QED) is 0.541. The highest BCUT2D eigenvalue weighted by Gasteiger charge is 2.35. The first-order valence-electron chi connectivity index (χ1n) is 10.5. The van der Waals surface area contributed by atoms with E-state index in [4.69, 9.17) is 19.6 Å². The molecule has 8 heteroatoms. The van der Waals surface area contributed by atoms with Crippen LogP contribution in [0.2, 0.25) is 0 Å². The minimum absolute atomic E-state index is 0. The summed E-state index contributed by atoms with van der Waals surface area (Å²) in [6.07, 6.45) is 0. The van der Waals surface area contributed by atoms with Crippen molar-refractivity contribution in [2.45, 2.75) is 39.7 Å². The molecule has 2 aromatic rings. The molecule has 0 aliphatic carbocycles. The Hall–Kier alpha value is -2.61. The number of hydrogen-bond donors (Lipinski definition) is 1. The Morgan fingerprint density at radius 3 is 2.62 bits per heavy atom. The molecule has 2 aliphatic heterocycles. The average Bonchev–Trinajstić information content (AvgIpc) is 3.21. The number of ether oxygens (including phenoxy) is 3. The molecule has 0 fully saturated rings. The molecule has 0 amide bonds. The smallest absolute Gasteiger partial charge is 0.197 e. The van der Waals surface area contributed by atoms with Gasteiger partial charge in [-0.2, -0.15) is 0 Å². The van der Waals surface area contributed by atoms with E-state index in [1.807, 2.05) is 19.1 Å². The summed E-state index contributed by atoms with van der Waals surface area (Å²) < 4.78 is 31.9. The number of rotatable bonds is 7. The third kappa shape index (κ3) is 4.08. The van der Waals surface area contributed by atoms with E-state index in [1.165, 1.54) is 0 Å². The van der Waals surface area contributed by atoms with E-state index in [1.54, 1.807) is 24.0 Å². The molecule has 0 unspecified atom stereocenters. The lowest BCUT2D eigenvalue weighted by Gasteiger charge is -2.18. The van der Waals surface area contributed by atoms with Crippen molar-refractivity contribution in [2.24, 2.45) is 0 Å². The van der Waals surface area contributed by atoms with Crippen LogP contribution in [0.1, 0.15) is 54.7 Å². The summed E-state index contributed by atoms with van der Waals surface area (Å²) in [5, 5.41) is 8.49. The molecule has 2 aliphatic rings. The lowest BCUT2D eigenvalue weighted by atomic mass is 9.86. The van der Waals surface area contributed by atoms with Gasteiger partial charge in [-0.05, 0) is 43.7 Å². The normalized spacial score (nSPS) is 15.5. The fourth-order valence-corrected chi connectivity index (χ4v) is 4.12. The van der Waals surface area contributed by atoms with Crippen LogP contribution in [-0.2, 0) is 12.0 Å². The van der Waals surface area contributed by atoms with Gasteiger partial charge >= 0.3 is 0 Å². The lowest BCUT2D eigenvalue weighted by Crippen LogP contribution is -2.30. The van der Waals surface area contributed by atoms with Crippen molar-refractivity contribution in [2.75, 3.05) is 26.4 Å². The van der Waals surface area contributed by atoms with Crippen molar-refractivity contribution in [3.63, 3.8) is 0 Å². The Bertz CT molecular complexity index is 1070. The molecule has 0 aromatic heterocycles. The van der Waals surface area contributed by atoms with Crippen molar-refractivity contribution in [3.05, 3.63) is 52.3 Å². The van der Waals surface area contributed by atoms with Gasteiger partial charge in [0.2, 0.25) is 0 Å². The highest BCUT2D eigenvalue weighted by molar-refractivity contribution is 8.93. The summed E-state index contributed by atoms with van der Waals surface area (Å²) >= 11 is 0. The minimum atomic E-state index is -0.612. The fourth-order valence-electron chi connectivity index (χ4n) is 4.12. The van der Waals surface area contributed by atoms with Gasteiger partial charge in [0.25, 0.3) is 0 Å². The predicted octanol–water partition coefficient (Wildman–Crippen LogP) is 4.89. The number of carbonyl (C=O) groups is 1. The largest absolute Gasteiger partial charge is 0.492 e. The number of ketones is 1. The molecular weight excluding hydrogens is 479 g/mol. The van der Waals surface area contributed by atoms with Gasteiger partial charge < -0.3 is 19.1 Å². The molecular formula is C24H28BrFN2O4. The van der Waals surface area contributed by atoms with E-state index >= 15 is 4.39 Å². The third-order valence-electron chi connectivity index (χ3n) is 5.73. The highest BCUT2D eigenvalue weighted by atomic mass is 79.9. The second kappa shape index (κ2) is 9.10. The number of nitrogens with zero attached hydrogens (tertiary/aromatic N) is 1. The van der Waals surface area contributed by atoms with E-state index in [2.05, 4.69) is 13.8 Å². The Morgan fingerprint density at radius 2 is 1.94 bits per heavy atom. The third-order valence-corrected chi connectivity index (χ3v) is 5.73. The van der Waals surface area contributed by atoms with Gasteiger partial charge in [0, 0.05) is 23.1 Å². The SMILES string of the molecule is Br.CCOc1cc2c(c(F)c1OCC)C(=N)N(CC(=O)c1ccc3c(c1)C(C)(C)CO3)C2. The zero-order chi connectivity index (χ0) is 22.3. The maximum absolute atomic E-state index is 15.2. The van der Waals surface area contributed by atoms with Gasteiger partial charge in [0.1, 0.15) is 11.6 Å². The monoisotopic (exact) mass is 506 g/mol. The maximum Gasteiger partial charge on any atom is 0.197 e. The molecule has 32 heavy (non-hydrogen) atoms. The summed E-state index contributed by atoms with van der Waals surface area (Å²) in [6.45, 7) is 9.22. The summed E-state index contributed by atoms with van der Waals surface area (Å²) in [4.78, 5) is 14.6. The first kappa shape index (κ1) is 24.0. The summed E-state index contributed by atoms with van der Waals surface area (Å²) in [7, 11) is 0. The number of benzene rings is 2. The maximum atomic E-state index is 15.2. The van der Waals surface area contributed by atoms with E-state index in [0.29, 0.717) is 30.1 Å². The van der Waals surface area contributed by atoms with Crippen LogP contribution in [0.25, 0.3) is 0 Å². The van der Waals surface area contributed by atoms with Crippen LogP contribution in [0.4, 0.5) is 4.39 Å². The number of carbonyl (C=O) groups excluding carboxylic acids is 1. The highest BCUT2D eigenvalue weighted by Crippen LogP contribution is 2.40. The Balaban J connectivity index is 0.00000289. The summed E-state index contributed by atoms with van der Waals surface area (Å²) in [6, 6.07) is 7.15. The van der Waals surface area contributed by atoms with E-state index in [9.17, 15) is 4.79 Å². The molecule has 0 saturated heterocycles. The van der Waals surface area contributed by atoms with Crippen LogP contribution in [0.3, 0.4) is 0 Å². The number of amidine groups is 1. The standard InChI is InChI=1S/C24H27FN2O4.BrH/c1-5-29-19-10-15-11-27(23(26)20(15)21(25)22(19)30-6-2)12-17(28)14-7-8-18-16(9-14)24(3,4)13-31-18;/h7-10,26H,5-6,11-13H2,1-4H3;1H. The van der Waals surface area contributed by atoms with Crippen molar-refractivity contribution < 1.29 is 23.4 Å². The number of fused-ring (bicyclic) bond motifs is 2. The zero-order valence-corrected chi connectivity index (χ0v) is 20.4. The molecule has 172 valence electrons. The molecule has 2 aromatic carbocycles. The minimum Gasteiger partial charge on any atom is -0.492 e. The Morgan fingerprint density at radius 1 is 1.22 bits per heavy atom. The Kier molecular flexibility index (Phi) is 6.83. The second-order valence-electron chi connectivity index (χ2n) is 8.43. The molecule has 2 heterocycles. The molecule has 0 saturated carbocycles. The van der Waals surface area contributed by atoms with Crippen molar-refractivity contribution >= 4 is 28.6 Å². The fraction of sp³-hybridized carbons (Fsp3) is 0.417. The van der Waals surface area contributed by atoms with Crippen LogP contribution in [0.15, 0.2) is 24.3 Å². The Labute approximate surface area is 197 Å². The van der Waals surface area contributed by atoms with Gasteiger partial charge in [-0.3, -0.25) is 10.2 Å². The molecule has 0 atom stereocenters. The van der Waals surface area contributed by atoms with Gasteiger partial charge in [-0.15, -0.1) is 17.0 Å². The van der Waals surface area contributed by atoms with Gasteiger partial charge in [0.05, 0.1) is 31.9 Å². The van der Waals surface area contributed by atoms with Crippen molar-refractivity contribution in [1.82, 2.24) is 4.90 Å². The van der Waals surface area contributed by atoms with Crippen LogP contribution in [0, 0.1) is 11.2 Å². The van der Waals surface area contributed by atoms with Crippen LogP contribution in [-0.4, -0.2) is 42.9 Å². The van der Waals surface area contributed by atoms with Crippen LogP contribution in [0.5, 0.6) is 17.2 Å². The average molecular weight is 507 g/mol. The number of halogens is 2. The van der Waals surface area contributed by atoms with E-state index < -0.39 is 5.82 Å². The topological polar surface area (TPSA) is 71.9 Å². The van der Waals surface area contributed by atoms with Crippen LogP contribution < -0.4 is 14.2 Å². The summed E-state index contributed by atoms with van der Waals surface area (Å²) in [5.74, 6) is 0.383. The van der Waals surface area contributed by atoms with Gasteiger partial charge in [-0.25, -0.2) is 4.39 Å². The summed E-state index contributed by atoms with van der Waals surface area (Å²) in [5.41, 5.74) is 2.20. The first-order chi connectivity index (χ1) is 14.8. The van der Waals surface area contributed by atoms with Gasteiger partial charge in [-0.1, -0.05) is 13.8 Å². The second-order valence-corrected chi connectivity index (χ2v) is 8.43. The zero-order valence-electron chi connectivity index (χ0n) is 18.7. The number of Topliss-reactive ketones (excluding diaryl/α,β-unsaturated/α-hetero) is 1. The molecule has 0 bridgehead atoms. The molecule has 1 N–H and O–H groups in total. The first-order valence-corrected chi connectivity index (χ1v) is 10.5. The molecule has 0 spiro atoms. The number of nitrogens with one attached hydrogen (secondary N) is 1. The molecule has 0 radical (unpaired) electrons. The number of hydrogen-bond acceptors (Lipinski definition) is 5. The van der Waals surface area contributed by atoms with Gasteiger partial charge in [0.15, 0.2) is 23.1 Å². The van der Waals surface area contributed by atoms with Crippen molar-refractivity contribution in [1.29, 1.82) is 5.41 Å². The van der Waals surface area contributed by atoms with Crippen LogP contribution >= 0.6 is 17.0 Å². The van der Waals surface area contributed by atoms with Crippen molar-refractivity contribution in [3.8, 4) is 17.2 Å².